The monoisotopic (exact) mass is 267 g/mol. The largest absolute Gasteiger partial charge is 0.342 e. The van der Waals surface area contributed by atoms with Gasteiger partial charge in [0.1, 0.15) is 5.82 Å². The lowest BCUT2D eigenvalue weighted by atomic mass is 9.87. The zero-order chi connectivity index (χ0) is 14.2. The lowest BCUT2D eigenvalue weighted by Gasteiger charge is -2.22. The number of H-pyrrole nitrogens is 1. The van der Waals surface area contributed by atoms with Gasteiger partial charge in [0.25, 0.3) is 0 Å². The second kappa shape index (κ2) is 4.89. The number of hydrogen-bond acceptors (Lipinski definition) is 2. The summed E-state index contributed by atoms with van der Waals surface area (Å²) in [6, 6.07) is 2.19. The molecule has 0 saturated carbocycles. The van der Waals surface area contributed by atoms with Crippen LogP contribution in [0, 0.1) is 17.0 Å². The normalized spacial score (nSPS) is 14.0. The van der Waals surface area contributed by atoms with Crippen LogP contribution in [-0.4, -0.2) is 16.0 Å². The van der Waals surface area contributed by atoms with Crippen LogP contribution in [0.1, 0.15) is 33.0 Å². The molecular weight excluding hydrogens is 248 g/mol. The Morgan fingerprint density at radius 2 is 1.89 bits per heavy atom. The Balaban J connectivity index is 2.18. The number of fused-ring (bicyclic) bond motifs is 1. The number of nitrogens with zero attached hydrogens (tertiary/aromatic N) is 1. The van der Waals surface area contributed by atoms with Crippen molar-refractivity contribution in [2.24, 2.45) is 11.1 Å². The molecule has 3 N–H and O–H groups in total. The molecule has 0 aliphatic heterocycles. The first kappa shape index (κ1) is 13.9. The Hall–Kier alpha value is -1.49. The van der Waals surface area contributed by atoms with Crippen molar-refractivity contribution in [3.8, 4) is 0 Å². The number of halogens is 2. The summed E-state index contributed by atoms with van der Waals surface area (Å²) < 4.78 is 26.2. The second-order valence-electron chi connectivity index (χ2n) is 6.20. The molecule has 1 unspecified atom stereocenters. The number of aromatic amines is 1. The first-order valence-electron chi connectivity index (χ1n) is 6.34. The first-order chi connectivity index (χ1) is 8.74. The van der Waals surface area contributed by atoms with Crippen LogP contribution < -0.4 is 5.73 Å². The molecule has 0 saturated heterocycles. The summed E-state index contributed by atoms with van der Waals surface area (Å²) in [4.78, 5) is 7.22. The predicted octanol–water partition coefficient (Wildman–Crippen LogP) is 3.15. The van der Waals surface area contributed by atoms with Crippen molar-refractivity contribution in [2.75, 3.05) is 0 Å². The summed E-state index contributed by atoms with van der Waals surface area (Å²) in [6.07, 6.45) is 1.42. The molecule has 1 heterocycles. The van der Waals surface area contributed by atoms with E-state index in [0.717, 1.165) is 18.6 Å². The Kier molecular flexibility index (Phi) is 3.58. The van der Waals surface area contributed by atoms with E-state index in [2.05, 4.69) is 30.7 Å². The molecule has 0 spiro atoms. The van der Waals surface area contributed by atoms with Crippen molar-refractivity contribution in [3.63, 3.8) is 0 Å². The van der Waals surface area contributed by atoms with E-state index in [9.17, 15) is 8.78 Å². The van der Waals surface area contributed by atoms with Gasteiger partial charge in [0.2, 0.25) is 0 Å². The standard InChI is InChI=1S/C14H19F2N3/c1-14(2,3)7-8(17)4-13-18-11-5-9(15)10(16)6-12(11)19-13/h5-6,8H,4,7,17H2,1-3H3,(H,18,19). The molecule has 5 heteroatoms. The lowest BCUT2D eigenvalue weighted by molar-refractivity contribution is 0.337. The number of nitrogens with two attached hydrogens (primary N) is 1. The fourth-order valence-corrected chi connectivity index (χ4v) is 2.26. The van der Waals surface area contributed by atoms with Crippen LogP contribution in [0.5, 0.6) is 0 Å². The van der Waals surface area contributed by atoms with Crippen LogP contribution in [0.2, 0.25) is 0 Å². The highest BCUT2D eigenvalue weighted by Gasteiger charge is 2.17. The van der Waals surface area contributed by atoms with Crippen molar-refractivity contribution in [2.45, 2.75) is 39.7 Å². The maximum Gasteiger partial charge on any atom is 0.161 e. The Labute approximate surface area is 111 Å². The van der Waals surface area contributed by atoms with E-state index in [1.54, 1.807) is 0 Å². The first-order valence-corrected chi connectivity index (χ1v) is 6.34. The molecule has 0 fully saturated rings. The summed E-state index contributed by atoms with van der Waals surface area (Å²) >= 11 is 0. The van der Waals surface area contributed by atoms with Gasteiger partial charge in [-0.2, -0.15) is 0 Å². The van der Waals surface area contributed by atoms with Gasteiger partial charge in [0, 0.05) is 24.6 Å². The summed E-state index contributed by atoms with van der Waals surface area (Å²) in [5.74, 6) is -1.09. The third-order valence-corrected chi connectivity index (χ3v) is 2.90. The van der Waals surface area contributed by atoms with Gasteiger partial charge in [-0.1, -0.05) is 20.8 Å². The highest BCUT2D eigenvalue weighted by Crippen LogP contribution is 2.22. The number of nitrogens with one attached hydrogen (secondary N) is 1. The molecular formula is C14H19F2N3. The van der Waals surface area contributed by atoms with Gasteiger partial charge in [-0.3, -0.25) is 0 Å². The van der Waals surface area contributed by atoms with E-state index in [4.69, 9.17) is 5.73 Å². The predicted molar refractivity (Wildman–Crippen MR) is 71.8 cm³/mol. The maximum atomic E-state index is 13.1. The van der Waals surface area contributed by atoms with Crippen molar-refractivity contribution in [1.82, 2.24) is 9.97 Å². The summed E-state index contributed by atoms with van der Waals surface area (Å²) in [6.45, 7) is 6.36. The van der Waals surface area contributed by atoms with Gasteiger partial charge in [0.05, 0.1) is 11.0 Å². The van der Waals surface area contributed by atoms with Crippen molar-refractivity contribution in [1.29, 1.82) is 0 Å². The van der Waals surface area contributed by atoms with Crippen LogP contribution in [0.15, 0.2) is 12.1 Å². The third-order valence-electron chi connectivity index (χ3n) is 2.90. The fraction of sp³-hybridized carbons (Fsp3) is 0.500. The summed E-state index contributed by atoms with van der Waals surface area (Å²) in [5.41, 5.74) is 7.13. The van der Waals surface area contributed by atoms with E-state index in [-0.39, 0.29) is 11.5 Å². The average Bonchev–Trinajstić information content (AvgIpc) is 2.56. The van der Waals surface area contributed by atoms with Gasteiger partial charge in [-0.25, -0.2) is 13.8 Å². The SMILES string of the molecule is CC(C)(C)CC(N)Cc1nc2cc(F)c(F)cc2[nH]1. The minimum Gasteiger partial charge on any atom is -0.342 e. The molecule has 2 rings (SSSR count). The summed E-state index contributed by atoms with van der Waals surface area (Å²) in [5, 5.41) is 0. The van der Waals surface area contributed by atoms with Gasteiger partial charge in [-0.15, -0.1) is 0 Å². The van der Waals surface area contributed by atoms with E-state index >= 15 is 0 Å². The highest BCUT2D eigenvalue weighted by atomic mass is 19.2. The Bertz CT molecular complexity index is 545. The fourth-order valence-electron chi connectivity index (χ4n) is 2.26. The maximum absolute atomic E-state index is 13.1. The van der Waals surface area contributed by atoms with Crippen LogP contribution >= 0.6 is 0 Å². The third kappa shape index (κ3) is 3.50. The van der Waals surface area contributed by atoms with Gasteiger partial charge in [-0.05, 0) is 11.8 Å². The Morgan fingerprint density at radius 3 is 2.53 bits per heavy atom. The van der Waals surface area contributed by atoms with Crippen LogP contribution in [0.3, 0.4) is 0 Å². The number of rotatable bonds is 3. The minimum atomic E-state index is -0.885. The molecule has 1 atom stereocenters. The summed E-state index contributed by atoms with van der Waals surface area (Å²) in [7, 11) is 0. The molecule has 0 radical (unpaired) electrons. The van der Waals surface area contributed by atoms with Crippen LogP contribution in [-0.2, 0) is 6.42 Å². The highest BCUT2D eigenvalue weighted by molar-refractivity contribution is 5.75. The lowest BCUT2D eigenvalue weighted by Crippen LogP contribution is -2.28. The Morgan fingerprint density at radius 1 is 1.26 bits per heavy atom. The molecule has 0 amide bonds. The van der Waals surface area contributed by atoms with Gasteiger partial charge >= 0.3 is 0 Å². The number of imidazole rings is 1. The molecule has 104 valence electrons. The van der Waals surface area contributed by atoms with Crippen LogP contribution in [0.25, 0.3) is 11.0 Å². The molecule has 0 aliphatic rings. The van der Waals surface area contributed by atoms with Gasteiger partial charge < -0.3 is 10.7 Å². The molecule has 19 heavy (non-hydrogen) atoms. The molecule has 1 aromatic carbocycles. The van der Waals surface area contributed by atoms with Crippen LogP contribution in [0.4, 0.5) is 8.78 Å². The number of benzene rings is 1. The van der Waals surface area contributed by atoms with Crippen molar-refractivity contribution < 1.29 is 8.78 Å². The van der Waals surface area contributed by atoms with E-state index in [1.165, 1.54) is 0 Å². The molecule has 3 nitrogen and oxygen atoms in total. The number of aromatic nitrogens is 2. The van der Waals surface area contributed by atoms with E-state index in [0.29, 0.717) is 23.3 Å². The smallest absolute Gasteiger partial charge is 0.161 e. The molecule has 1 aromatic heterocycles. The second-order valence-corrected chi connectivity index (χ2v) is 6.20. The van der Waals surface area contributed by atoms with Gasteiger partial charge in [0.15, 0.2) is 11.6 Å². The van der Waals surface area contributed by atoms with Crippen molar-refractivity contribution in [3.05, 3.63) is 29.6 Å². The zero-order valence-corrected chi connectivity index (χ0v) is 11.4. The quantitative estimate of drug-likeness (QED) is 0.897. The van der Waals surface area contributed by atoms with E-state index < -0.39 is 11.6 Å². The van der Waals surface area contributed by atoms with Crippen molar-refractivity contribution >= 4 is 11.0 Å². The molecule has 0 bridgehead atoms. The number of hydrogen-bond donors (Lipinski definition) is 2. The molecule has 0 aliphatic carbocycles. The average molecular weight is 267 g/mol. The minimum absolute atomic E-state index is 0.0322. The van der Waals surface area contributed by atoms with E-state index in [1.807, 2.05) is 0 Å². The topological polar surface area (TPSA) is 54.7 Å². The zero-order valence-electron chi connectivity index (χ0n) is 11.4. The molecule has 2 aromatic rings.